The van der Waals surface area contributed by atoms with Crippen LogP contribution in [0.4, 0.5) is 5.69 Å². The number of hydrogen-bond acceptors (Lipinski definition) is 3. The van der Waals surface area contributed by atoms with E-state index in [1.807, 2.05) is 36.1 Å². The summed E-state index contributed by atoms with van der Waals surface area (Å²) in [6.45, 7) is 3.32. The van der Waals surface area contributed by atoms with Crippen LogP contribution in [0.25, 0.3) is 0 Å². The molecule has 1 aliphatic carbocycles. The van der Waals surface area contributed by atoms with Crippen molar-refractivity contribution in [1.82, 2.24) is 9.80 Å². The summed E-state index contributed by atoms with van der Waals surface area (Å²) in [5, 5.41) is 2.81. The number of benzene rings is 1. The number of carbonyl (C=O) groups excluding carboxylic acids is 3. The molecule has 2 aliphatic rings. The van der Waals surface area contributed by atoms with Gasteiger partial charge in [-0.2, -0.15) is 0 Å². The first kappa shape index (κ1) is 18.4. The average Bonchev–Trinajstić information content (AvgIpc) is 3.47. The zero-order chi connectivity index (χ0) is 18.7. The van der Waals surface area contributed by atoms with E-state index in [0.717, 1.165) is 24.1 Å². The molecule has 2 fully saturated rings. The molecule has 1 aromatic carbocycles. The summed E-state index contributed by atoms with van der Waals surface area (Å²) < 4.78 is 0. The third-order valence-corrected chi connectivity index (χ3v) is 5.17. The van der Waals surface area contributed by atoms with Crippen LogP contribution in [0.5, 0.6) is 0 Å². The van der Waals surface area contributed by atoms with E-state index in [2.05, 4.69) is 5.32 Å². The molecule has 6 heteroatoms. The van der Waals surface area contributed by atoms with Crippen LogP contribution in [0.1, 0.15) is 31.2 Å². The SMILES string of the molecule is Cc1ccc(NC(=O)CN(C)C(=O)C2CCN(C(=O)C3CC3)CC2)cc1. The van der Waals surface area contributed by atoms with Crippen LogP contribution in [0.2, 0.25) is 0 Å². The number of hydrogen-bond donors (Lipinski definition) is 1. The Morgan fingerprint density at radius 1 is 1.04 bits per heavy atom. The Bertz CT molecular complexity index is 674. The first-order valence-electron chi connectivity index (χ1n) is 9.34. The van der Waals surface area contributed by atoms with Crippen LogP contribution in [0.15, 0.2) is 24.3 Å². The number of carbonyl (C=O) groups is 3. The number of likely N-dealkylation sites (tertiary alicyclic amines) is 1. The molecular weight excluding hydrogens is 330 g/mol. The third-order valence-electron chi connectivity index (χ3n) is 5.17. The van der Waals surface area contributed by atoms with Crippen molar-refractivity contribution in [1.29, 1.82) is 0 Å². The molecule has 1 saturated carbocycles. The van der Waals surface area contributed by atoms with E-state index >= 15 is 0 Å². The van der Waals surface area contributed by atoms with E-state index < -0.39 is 0 Å². The molecule has 0 atom stereocenters. The fourth-order valence-electron chi connectivity index (χ4n) is 3.38. The second-order valence-corrected chi connectivity index (χ2v) is 7.48. The molecule has 0 spiro atoms. The number of rotatable bonds is 5. The van der Waals surface area contributed by atoms with Gasteiger partial charge in [0.05, 0.1) is 6.54 Å². The lowest BCUT2D eigenvalue weighted by molar-refractivity contribution is -0.141. The van der Waals surface area contributed by atoms with Crippen LogP contribution in [0, 0.1) is 18.8 Å². The topological polar surface area (TPSA) is 69.7 Å². The molecule has 0 radical (unpaired) electrons. The monoisotopic (exact) mass is 357 g/mol. The van der Waals surface area contributed by atoms with Gasteiger partial charge in [0.15, 0.2) is 0 Å². The lowest BCUT2D eigenvalue weighted by Gasteiger charge is -2.33. The highest BCUT2D eigenvalue weighted by atomic mass is 16.2. The maximum atomic E-state index is 12.6. The van der Waals surface area contributed by atoms with Crippen LogP contribution >= 0.6 is 0 Å². The predicted molar refractivity (Wildman–Crippen MR) is 99.5 cm³/mol. The summed E-state index contributed by atoms with van der Waals surface area (Å²) in [6, 6.07) is 7.56. The van der Waals surface area contributed by atoms with Crippen molar-refractivity contribution in [2.45, 2.75) is 32.6 Å². The number of likely N-dealkylation sites (N-methyl/N-ethyl adjacent to an activating group) is 1. The molecule has 1 aromatic rings. The van der Waals surface area contributed by atoms with Crippen LogP contribution in [0.3, 0.4) is 0 Å². The van der Waals surface area contributed by atoms with E-state index in [1.54, 1.807) is 7.05 Å². The van der Waals surface area contributed by atoms with Crippen molar-refractivity contribution < 1.29 is 14.4 Å². The van der Waals surface area contributed by atoms with Gasteiger partial charge in [0.2, 0.25) is 17.7 Å². The molecule has 1 saturated heterocycles. The second kappa shape index (κ2) is 7.89. The summed E-state index contributed by atoms with van der Waals surface area (Å²) in [6.07, 6.45) is 3.38. The van der Waals surface area contributed by atoms with E-state index in [4.69, 9.17) is 0 Å². The summed E-state index contributed by atoms with van der Waals surface area (Å²) in [5.41, 5.74) is 1.86. The fraction of sp³-hybridized carbons (Fsp3) is 0.550. The lowest BCUT2D eigenvalue weighted by atomic mass is 9.95. The van der Waals surface area contributed by atoms with E-state index in [1.165, 1.54) is 4.90 Å². The summed E-state index contributed by atoms with van der Waals surface area (Å²) in [4.78, 5) is 40.2. The van der Waals surface area contributed by atoms with Crippen LogP contribution in [-0.2, 0) is 14.4 Å². The number of nitrogens with zero attached hydrogens (tertiary/aromatic N) is 2. The summed E-state index contributed by atoms with van der Waals surface area (Å²) >= 11 is 0. The molecule has 1 heterocycles. The lowest BCUT2D eigenvalue weighted by Crippen LogP contribution is -2.45. The summed E-state index contributed by atoms with van der Waals surface area (Å²) in [7, 11) is 1.67. The molecule has 0 aromatic heterocycles. The Hall–Kier alpha value is -2.37. The van der Waals surface area contributed by atoms with Crippen LogP contribution < -0.4 is 5.32 Å². The standard InChI is InChI=1S/C20H27N3O3/c1-14-3-7-17(8-4-14)21-18(24)13-22(2)19(25)16-9-11-23(12-10-16)20(26)15-5-6-15/h3-4,7-8,15-16H,5-6,9-13H2,1-2H3,(H,21,24). The Morgan fingerprint density at radius 3 is 2.23 bits per heavy atom. The molecule has 26 heavy (non-hydrogen) atoms. The molecule has 140 valence electrons. The quantitative estimate of drug-likeness (QED) is 0.877. The Labute approximate surface area is 154 Å². The van der Waals surface area contributed by atoms with Gasteiger partial charge in [-0.1, -0.05) is 17.7 Å². The highest BCUT2D eigenvalue weighted by molar-refractivity contribution is 5.94. The minimum Gasteiger partial charge on any atom is -0.342 e. The number of nitrogens with one attached hydrogen (secondary N) is 1. The van der Waals surface area contributed by atoms with Gasteiger partial charge in [0, 0.05) is 37.7 Å². The number of amides is 3. The van der Waals surface area contributed by atoms with E-state index in [0.29, 0.717) is 25.9 Å². The molecule has 1 aliphatic heterocycles. The molecule has 0 unspecified atom stereocenters. The molecule has 3 amide bonds. The van der Waals surface area contributed by atoms with Gasteiger partial charge >= 0.3 is 0 Å². The van der Waals surface area contributed by atoms with Gasteiger partial charge < -0.3 is 15.1 Å². The Balaban J connectivity index is 1.44. The zero-order valence-corrected chi connectivity index (χ0v) is 15.5. The van der Waals surface area contributed by atoms with Gasteiger partial charge in [0.25, 0.3) is 0 Å². The number of anilines is 1. The van der Waals surface area contributed by atoms with E-state index in [-0.39, 0.29) is 36.1 Å². The van der Waals surface area contributed by atoms with Gasteiger partial charge in [-0.25, -0.2) is 0 Å². The van der Waals surface area contributed by atoms with Gasteiger partial charge in [-0.15, -0.1) is 0 Å². The fourth-order valence-corrected chi connectivity index (χ4v) is 3.38. The van der Waals surface area contributed by atoms with E-state index in [9.17, 15) is 14.4 Å². The summed E-state index contributed by atoms with van der Waals surface area (Å²) in [5.74, 6) is 0.168. The second-order valence-electron chi connectivity index (χ2n) is 7.48. The molecular formula is C20H27N3O3. The normalized spacial score (nSPS) is 17.7. The first-order valence-corrected chi connectivity index (χ1v) is 9.34. The van der Waals surface area contributed by atoms with Gasteiger partial charge in [-0.05, 0) is 44.7 Å². The highest BCUT2D eigenvalue weighted by Crippen LogP contribution is 2.32. The average molecular weight is 357 g/mol. The van der Waals surface area contributed by atoms with Gasteiger partial charge in [0.1, 0.15) is 0 Å². The van der Waals surface area contributed by atoms with Crippen molar-refractivity contribution in [2.75, 3.05) is 32.0 Å². The Morgan fingerprint density at radius 2 is 1.65 bits per heavy atom. The highest BCUT2D eigenvalue weighted by Gasteiger charge is 2.36. The van der Waals surface area contributed by atoms with Crippen molar-refractivity contribution in [3.8, 4) is 0 Å². The number of aryl methyl sites for hydroxylation is 1. The molecule has 0 bridgehead atoms. The van der Waals surface area contributed by atoms with Crippen LogP contribution in [-0.4, -0.2) is 54.2 Å². The van der Waals surface area contributed by atoms with Crippen molar-refractivity contribution in [3.05, 3.63) is 29.8 Å². The minimum atomic E-state index is -0.203. The number of piperidine rings is 1. The predicted octanol–water partition coefficient (Wildman–Crippen LogP) is 2.04. The van der Waals surface area contributed by atoms with Gasteiger partial charge in [-0.3, -0.25) is 14.4 Å². The van der Waals surface area contributed by atoms with Crippen molar-refractivity contribution >= 4 is 23.4 Å². The molecule has 1 N–H and O–H groups in total. The molecule has 3 rings (SSSR count). The first-order chi connectivity index (χ1) is 12.4. The third kappa shape index (κ3) is 4.62. The minimum absolute atomic E-state index is 0.0115. The van der Waals surface area contributed by atoms with Crippen molar-refractivity contribution in [2.24, 2.45) is 11.8 Å². The van der Waals surface area contributed by atoms with Crippen molar-refractivity contribution in [3.63, 3.8) is 0 Å². The Kier molecular flexibility index (Phi) is 5.59. The molecule has 6 nitrogen and oxygen atoms in total. The maximum absolute atomic E-state index is 12.6. The largest absolute Gasteiger partial charge is 0.342 e. The maximum Gasteiger partial charge on any atom is 0.243 e. The smallest absolute Gasteiger partial charge is 0.243 e. The zero-order valence-electron chi connectivity index (χ0n) is 15.5.